The fourth-order valence-corrected chi connectivity index (χ4v) is 1.71. The first-order valence-corrected chi connectivity index (χ1v) is 4.79. The highest BCUT2D eigenvalue weighted by molar-refractivity contribution is 5.89. The normalized spacial score (nSPS) is 10.2. The number of benzene rings is 2. The Bertz CT molecular complexity index is 489. The van der Waals surface area contributed by atoms with Crippen molar-refractivity contribution in [1.29, 1.82) is 0 Å². The third kappa shape index (κ3) is 1.72. The first kappa shape index (κ1) is 9.74. The molecule has 0 aliphatic heterocycles. The summed E-state index contributed by atoms with van der Waals surface area (Å²) >= 11 is 0. The van der Waals surface area contributed by atoms with Crippen molar-refractivity contribution in [2.75, 3.05) is 0 Å². The monoisotopic (exact) mass is 200 g/mol. The van der Waals surface area contributed by atoms with E-state index in [0.717, 1.165) is 16.3 Å². The minimum absolute atomic E-state index is 0.521. The summed E-state index contributed by atoms with van der Waals surface area (Å²) in [4.78, 5) is 4.46. The summed E-state index contributed by atoms with van der Waals surface area (Å²) in [5.41, 5.74) is 0.936. The molecule has 2 aromatic rings. The predicted octanol–water partition coefficient (Wildman–Crippen LogP) is 3.42. The Balaban J connectivity index is 2.69. The van der Waals surface area contributed by atoms with Gasteiger partial charge in [0.1, 0.15) is 0 Å². The highest BCUT2D eigenvalue weighted by atomic mass is 17.1. The Hall–Kier alpha value is -1.80. The van der Waals surface area contributed by atoms with Gasteiger partial charge in [-0.2, -0.15) is 0 Å². The summed E-state index contributed by atoms with van der Waals surface area (Å²) in [7, 11) is 0. The Morgan fingerprint density at radius 3 is 2.73 bits per heavy atom. The molecule has 2 aromatic carbocycles. The molecule has 0 atom stereocenters. The van der Waals surface area contributed by atoms with Crippen LogP contribution in [-0.4, -0.2) is 5.26 Å². The molecule has 0 unspecified atom stereocenters. The van der Waals surface area contributed by atoms with Crippen LogP contribution in [0.5, 0.6) is 5.75 Å². The van der Waals surface area contributed by atoms with Gasteiger partial charge in [0.2, 0.25) is 0 Å². The molecule has 0 fully saturated rings. The van der Waals surface area contributed by atoms with E-state index in [1.165, 1.54) is 0 Å². The van der Waals surface area contributed by atoms with Crippen LogP contribution in [0.1, 0.15) is 5.56 Å². The van der Waals surface area contributed by atoms with Crippen LogP contribution in [0.3, 0.4) is 0 Å². The molecule has 2 heteroatoms. The molecule has 2 nitrogen and oxygen atoms in total. The van der Waals surface area contributed by atoms with Crippen LogP contribution >= 0.6 is 0 Å². The van der Waals surface area contributed by atoms with Gasteiger partial charge < -0.3 is 4.89 Å². The van der Waals surface area contributed by atoms with Crippen LogP contribution in [0, 0.1) is 0 Å². The molecule has 0 aromatic heterocycles. The molecular formula is C13H12O2. The molecule has 0 saturated carbocycles. The van der Waals surface area contributed by atoms with Gasteiger partial charge in [0.05, 0.1) is 0 Å². The first-order valence-electron chi connectivity index (χ1n) is 4.79. The Morgan fingerprint density at radius 2 is 2.00 bits per heavy atom. The second-order valence-electron chi connectivity index (χ2n) is 3.36. The zero-order valence-corrected chi connectivity index (χ0v) is 8.31. The Kier molecular flexibility index (Phi) is 2.70. The third-order valence-corrected chi connectivity index (χ3v) is 2.42. The van der Waals surface area contributed by atoms with E-state index in [1.807, 2.05) is 36.4 Å². The van der Waals surface area contributed by atoms with Gasteiger partial charge in [-0.05, 0) is 11.8 Å². The number of rotatable bonds is 3. The lowest BCUT2D eigenvalue weighted by molar-refractivity contribution is -0.136. The van der Waals surface area contributed by atoms with Crippen molar-refractivity contribution < 1.29 is 10.1 Å². The average Bonchev–Trinajstić information content (AvgIpc) is 2.29. The molecule has 0 aliphatic rings. The molecule has 0 heterocycles. The van der Waals surface area contributed by atoms with E-state index in [9.17, 15) is 0 Å². The largest absolute Gasteiger partial charge is 0.339 e. The van der Waals surface area contributed by atoms with E-state index >= 15 is 0 Å². The smallest absolute Gasteiger partial charge is 0.176 e. The average molecular weight is 200 g/mol. The topological polar surface area (TPSA) is 29.5 Å². The van der Waals surface area contributed by atoms with E-state index in [2.05, 4.69) is 11.5 Å². The second kappa shape index (κ2) is 4.15. The molecular weight excluding hydrogens is 188 g/mol. The fourth-order valence-electron chi connectivity index (χ4n) is 1.71. The van der Waals surface area contributed by atoms with Crippen LogP contribution in [0.2, 0.25) is 0 Å². The maximum Gasteiger partial charge on any atom is 0.176 e. The highest BCUT2D eigenvalue weighted by Gasteiger charge is 2.07. The molecule has 0 radical (unpaired) electrons. The van der Waals surface area contributed by atoms with Gasteiger partial charge in [-0.25, -0.2) is 5.26 Å². The minimum atomic E-state index is 0.521. The maximum atomic E-state index is 8.91. The predicted molar refractivity (Wildman–Crippen MR) is 61.1 cm³/mol. The summed E-state index contributed by atoms with van der Waals surface area (Å²) in [6.07, 6.45) is 2.47. The van der Waals surface area contributed by atoms with E-state index in [0.29, 0.717) is 12.2 Å². The quantitative estimate of drug-likeness (QED) is 0.467. The van der Waals surface area contributed by atoms with Crippen LogP contribution in [-0.2, 0) is 6.42 Å². The maximum absolute atomic E-state index is 8.91. The van der Waals surface area contributed by atoms with Gasteiger partial charge in [0, 0.05) is 10.9 Å². The van der Waals surface area contributed by atoms with Crippen molar-refractivity contribution in [2.45, 2.75) is 6.42 Å². The van der Waals surface area contributed by atoms with Crippen molar-refractivity contribution in [3.63, 3.8) is 0 Å². The van der Waals surface area contributed by atoms with E-state index < -0.39 is 0 Å². The SMILES string of the molecule is C=CCc1ccc2ccccc2c1OO. The van der Waals surface area contributed by atoms with Crippen LogP contribution in [0.4, 0.5) is 0 Å². The molecule has 1 N–H and O–H groups in total. The summed E-state index contributed by atoms with van der Waals surface area (Å²) in [6.45, 7) is 3.67. The zero-order chi connectivity index (χ0) is 10.7. The van der Waals surface area contributed by atoms with Gasteiger partial charge in [0.15, 0.2) is 5.75 Å². The van der Waals surface area contributed by atoms with Crippen LogP contribution in [0.25, 0.3) is 10.8 Å². The first-order chi connectivity index (χ1) is 7.36. The fraction of sp³-hybridized carbons (Fsp3) is 0.0769. The lowest BCUT2D eigenvalue weighted by Gasteiger charge is -2.07. The molecule has 2 rings (SSSR count). The lowest BCUT2D eigenvalue weighted by atomic mass is 10.0. The summed E-state index contributed by atoms with van der Waals surface area (Å²) in [6, 6.07) is 11.7. The number of allylic oxidation sites excluding steroid dienone is 1. The Morgan fingerprint density at radius 1 is 1.20 bits per heavy atom. The minimum Gasteiger partial charge on any atom is -0.339 e. The summed E-state index contributed by atoms with van der Waals surface area (Å²) in [5.74, 6) is 0.521. The lowest BCUT2D eigenvalue weighted by Crippen LogP contribution is -1.92. The standard InChI is InChI=1S/C13H12O2/c1-2-5-11-9-8-10-6-3-4-7-12(10)13(11)15-14/h2-4,6-9,14H,1,5H2. The van der Waals surface area contributed by atoms with Gasteiger partial charge >= 0.3 is 0 Å². The summed E-state index contributed by atoms with van der Waals surface area (Å²) < 4.78 is 0. The molecule has 0 aliphatic carbocycles. The summed E-state index contributed by atoms with van der Waals surface area (Å²) in [5, 5.41) is 10.9. The van der Waals surface area contributed by atoms with Gasteiger partial charge in [-0.1, -0.05) is 42.5 Å². The van der Waals surface area contributed by atoms with Crippen LogP contribution < -0.4 is 4.89 Å². The van der Waals surface area contributed by atoms with Gasteiger partial charge in [0.25, 0.3) is 0 Å². The zero-order valence-electron chi connectivity index (χ0n) is 8.31. The van der Waals surface area contributed by atoms with Crippen LogP contribution in [0.15, 0.2) is 49.1 Å². The van der Waals surface area contributed by atoms with Crippen molar-refractivity contribution in [3.8, 4) is 5.75 Å². The van der Waals surface area contributed by atoms with Crippen molar-refractivity contribution in [2.24, 2.45) is 0 Å². The number of hydrogen-bond acceptors (Lipinski definition) is 2. The number of hydrogen-bond donors (Lipinski definition) is 1. The van der Waals surface area contributed by atoms with Crippen molar-refractivity contribution in [1.82, 2.24) is 0 Å². The highest BCUT2D eigenvalue weighted by Crippen LogP contribution is 2.29. The van der Waals surface area contributed by atoms with Gasteiger partial charge in [-0.15, -0.1) is 6.58 Å². The van der Waals surface area contributed by atoms with E-state index in [4.69, 9.17) is 5.26 Å². The Labute approximate surface area is 88.4 Å². The molecule has 76 valence electrons. The van der Waals surface area contributed by atoms with Crippen molar-refractivity contribution >= 4 is 10.8 Å². The molecule has 0 amide bonds. The van der Waals surface area contributed by atoms with Gasteiger partial charge in [-0.3, -0.25) is 0 Å². The van der Waals surface area contributed by atoms with Crippen molar-refractivity contribution in [3.05, 3.63) is 54.6 Å². The van der Waals surface area contributed by atoms with E-state index in [-0.39, 0.29) is 0 Å². The molecule has 0 bridgehead atoms. The second-order valence-corrected chi connectivity index (χ2v) is 3.36. The third-order valence-electron chi connectivity index (χ3n) is 2.42. The number of fused-ring (bicyclic) bond motifs is 1. The van der Waals surface area contributed by atoms with E-state index in [1.54, 1.807) is 6.08 Å². The molecule has 0 saturated heterocycles. The molecule has 15 heavy (non-hydrogen) atoms. The molecule has 0 spiro atoms.